The van der Waals surface area contributed by atoms with Gasteiger partial charge in [0.1, 0.15) is 5.82 Å². The van der Waals surface area contributed by atoms with E-state index >= 15 is 0 Å². The summed E-state index contributed by atoms with van der Waals surface area (Å²) in [5.74, 6) is -1.02. The van der Waals surface area contributed by atoms with Crippen molar-refractivity contribution in [3.63, 3.8) is 0 Å². The smallest absolute Gasteiger partial charge is 0.257 e. The van der Waals surface area contributed by atoms with Gasteiger partial charge in [-0.3, -0.25) is 4.79 Å². The fourth-order valence-corrected chi connectivity index (χ4v) is 2.11. The van der Waals surface area contributed by atoms with Gasteiger partial charge in [-0.1, -0.05) is 0 Å². The van der Waals surface area contributed by atoms with Gasteiger partial charge in [-0.25, -0.2) is 4.39 Å². The van der Waals surface area contributed by atoms with Crippen molar-refractivity contribution in [3.05, 3.63) is 29.6 Å². The lowest BCUT2D eigenvalue weighted by Gasteiger charge is -2.34. The largest absolute Gasteiger partial charge is 0.394 e. The molecule has 0 aliphatic carbocycles. The van der Waals surface area contributed by atoms with E-state index in [2.05, 4.69) is 12.6 Å². The first-order valence-corrected chi connectivity index (χ1v) is 6.06. The molecule has 1 amide bonds. The third kappa shape index (κ3) is 2.66. The topological polar surface area (TPSA) is 49.8 Å². The lowest BCUT2D eigenvalue weighted by Crippen LogP contribution is -2.50. The Morgan fingerprint density at radius 2 is 2.39 bits per heavy atom. The van der Waals surface area contributed by atoms with Crippen LogP contribution in [0.2, 0.25) is 0 Å². The van der Waals surface area contributed by atoms with Crippen LogP contribution in [0.15, 0.2) is 23.1 Å². The highest BCUT2D eigenvalue weighted by atomic mass is 32.1. The standard InChI is InChI=1S/C12H14FNO3S/c13-11-2-1-9(18)5-10(11)12(16)14-3-4-17-7-8(14)6-15/h1-2,5,8,15,18H,3-4,6-7H2. The molecular formula is C12H14FNO3S. The van der Waals surface area contributed by atoms with E-state index in [1.54, 1.807) is 0 Å². The second-order valence-electron chi connectivity index (χ2n) is 4.07. The lowest BCUT2D eigenvalue weighted by molar-refractivity contribution is -0.0186. The minimum atomic E-state index is -0.582. The molecule has 1 aliphatic heterocycles. The number of carbonyl (C=O) groups excluding carboxylic acids is 1. The van der Waals surface area contributed by atoms with Gasteiger partial charge >= 0.3 is 0 Å². The van der Waals surface area contributed by atoms with Crippen LogP contribution in [-0.2, 0) is 4.74 Å². The van der Waals surface area contributed by atoms with Gasteiger partial charge < -0.3 is 14.7 Å². The maximum atomic E-state index is 13.6. The molecule has 1 N–H and O–H groups in total. The zero-order valence-electron chi connectivity index (χ0n) is 9.67. The summed E-state index contributed by atoms with van der Waals surface area (Å²) >= 11 is 4.09. The number of carbonyl (C=O) groups is 1. The van der Waals surface area contributed by atoms with Gasteiger partial charge in [0.2, 0.25) is 0 Å². The molecule has 0 radical (unpaired) electrons. The normalized spacial score (nSPS) is 19.9. The van der Waals surface area contributed by atoms with Crippen molar-refractivity contribution in [3.8, 4) is 0 Å². The second kappa shape index (κ2) is 5.69. The summed E-state index contributed by atoms with van der Waals surface area (Å²) in [6.45, 7) is 0.809. The Balaban J connectivity index is 2.26. The summed E-state index contributed by atoms with van der Waals surface area (Å²) in [5.41, 5.74) is -0.0251. The van der Waals surface area contributed by atoms with Crippen LogP contribution in [-0.4, -0.2) is 48.3 Å². The first-order valence-electron chi connectivity index (χ1n) is 5.61. The average Bonchev–Trinajstić information content (AvgIpc) is 2.40. The predicted octanol–water partition coefficient (Wildman–Crippen LogP) is 0.948. The molecule has 18 heavy (non-hydrogen) atoms. The number of amides is 1. The Kier molecular flexibility index (Phi) is 4.21. The van der Waals surface area contributed by atoms with Gasteiger partial charge in [0.25, 0.3) is 5.91 Å². The molecule has 98 valence electrons. The Hall–Kier alpha value is -1.11. The Morgan fingerprint density at radius 3 is 3.11 bits per heavy atom. The van der Waals surface area contributed by atoms with Gasteiger partial charge in [-0.05, 0) is 18.2 Å². The van der Waals surface area contributed by atoms with Crippen LogP contribution >= 0.6 is 12.6 Å². The van der Waals surface area contributed by atoms with Crippen LogP contribution < -0.4 is 0 Å². The predicted molar refractivity (Wildman–Crippen MR) is 66.4 cm³/mol. The lowest BCUT2D eigenvalue weighted by atomic mass is 10.1. The average molecular weight is 271 g/mol. The molecular weight excluding hydrogens is 257 g/mol. The third-order valence-electron chi connectivity index (χ3n) is 2.88. The Bertz CT molecular complexity index is 455. The number of hydrogen-bond donors (Lipinski definition) is 2. The van der Waals surface area contributed by atoms with E-state index in [9.17, 15) is 14.3 Å². The number of ether oxygens (including phenoxy) is 1. The van der Waals surface area contributed by atoms with Crippen molar-refractivity contribution in [2.24, 2.45) is 0 Å². The monoisotopic (exact) mass is 271 g/mol. The number of benzene rings is 1. The molecule has 0 aromatic heterocycles. The van der Waals surface area contributed by atoms with E-state index < -0.39 is 17.8 Å². The van der Waals surface area contributed by atoms with Crippen molar-refractivity contribution in [2.45, 2.75) is 10.9 Å². The number of morpholine rings is 1. The number of halogens is 1. The van der Waals surface area contributed by atoms with Crippen molar-refractivity contribution in [1.82, 2.24) is 4.90 Å². The summed E-state index contributed by atoms with van der Waals surface area (Å²) in [6, 6.07) is 3.67. The minimum Gasteiger partial charge on any atom is -0.394 e. The molecule has 1 unspecified atom stereocenters. The summed E-state index contributed by atoms with van der Waals surface area (Å²) in [6.07, 6.45) is 0. The zero-order valence-corrected chi connectivity index (χ0v) is 10.6. The fraction of sp³-hybridized carbons (Fsp3) is 0.417. The van der Waals surface area contributed by atoms with E-state index in [0.29, 0.717) is 18.0 Å². The van der Waals surface area contributed by atoms with E-state index in [1.807, 2.05) is 0 Å². The molecule has 1 aliphatic rings. The molecule has 2 rings (SSSR count). The van der Waals surface area contributed by atoms with Crippen molar-refractivity contribution >= 4 is 18.5 Å². The highest BCUT2D eigenvalue weighted by Gasteiger charge is 2.29. The van der Waals surface area contributed by atoms with Crippen LogP contribution in [0.1, 0.15) is 10.4 Å². The third-order valence-corrected chi connectivity index (χ3v) is 3.16. The van der Waals surface area contributed by atoms with Crippen LogP contribution in [0, 0.1) is 5.82 Å². The summed E-state index contributed by atoms with van der Waals surface area (Å²) in [5, 5.41) is 9.20. The maximum absolute atomic E-state index is 13.6. The van der Waals surface area contributed by atoms with E-state index in [0.717, 1.165) is 0 Å². The second-order valence-corrected chi connectivity index (χ2v) is 4.59. The van der Waals surface area contributed by atoms with Crippen LogP contribution in [0.4, 0.5) is 4.39 Å². The molecule has 1 aromatic rings. The van der Waals surface area contributed by atoms with Gasteiger partial charge in [-0.15, -0.1) is 12.6 Å². The molecule has 1 fully saturated rings. The summed E-state index contributed by atoms with van der Waals surface area (Å²) in [4.78, 5) is 14.2. The van der Waals surface area contributed by atoms with Crippen LogP contribution in [0.25, 0.3) is 0 Å². The molecule has 0 bridgehead atoms. The number of aliphatic hydroxyl groups is 1. The zero-order chi connectivity index (χ0) is 13.1. The number of aliphatic hydroxyl groups excluding tert-OH is 1. The van der Waals surface area contributed by atoms with Crippen molar-refractivity contribution < 1.29 is 19.0 Å². The molecule has 4 nitrogen and oxygen atoms in total. The van der Waals surface area contributed by atoms with Crippen molar-refractivity contribution in [1.29, 1.82) is 0 Å². The van der Waals surface area contributed by atoms with Gasteiger partial charge in [-0.2, -0.15) is 0 Å². The minimum absolute atomic E-state index is 0.0251. The van der Waals surface area contributed by atoms with Crippen LogP contribution in [0.3, 0.4) is 0 Å². The van der Waals surface area contributed by atoms with E-state index in [-0.39, 0.29) is 18.8 Å². The van der Waals surface area contributed by atoms with Gasteiger partial charge in [0, 0.05) is 11.4 Å². The van der Waals surface area contributed by atoms with Crippen LogP contribution in [0.5, 0.6) is 0 Å². The van der Waals surface area contributed by atoms with E-state index in [1.165, 1.54) is 23.1 Å². The number of hydrogen-bond acceptors (Lipinski definition) is 4. The van der Waals surface area contributed by atoms with Crippen molar-refractivity contribution in [2.75, 3.05) is 26.4 Å². The SMILES string of the molecule is O=C(c1cc(S)ccc1F)N1CCOCC1CO. The number of thiol groups is 1. The highest BCUT2D eigenvalue weighted by molar-refractivity contribution is 7.80. The maximum Gasteiger partial charge on any atom is 0.257 e. The quantitative estimate of drug-likeness (QED) is 0.787. The number of rotatable bonds is 2. The molecule has 1 aromatic carbocycles. The molecule has 0 spiro atoms. The molecule has 1 saturated heterocycles. The Morgan fingerprint density at radius 1 is 1.61 bits per heavy atom. The summed E-state index contributed by atoms with van der Waals surface area (Å²) in [7, 11) is 0. The first kappa shape index (κ1) is 13.3. The summed E-state index contributed by atoms with van der Waals surface area (Å²) < 4.78 is 18.8. The molecule has 1 atom stereocenters. The molecule has 1 heterocycles. The molecule has 6 heteroatoms. The van der Waals surface area contributed by atoms with Gasteiger partial charge in [0.15, 0.2) is 0 Å². The number of nitrogens with zero attached hydrogens (tertiary/aromatic N) is 1. The Labute approximate surface area is 110 Å². The van der Waals surface area contributed by atoms with E-state index in [4.69, 9.17) is 4.74 Å². The van der Waals surface area contributed by atoms with Gasteiger partial charge in [0.05, 0.1) is 31.4 Å². The fourth-order valence-electron chi connectivity index (χ4n) is 1.91. The highest BCUT2D eigenvalue weighted by Crippen LogP contribution is 2.18. The molecule has 0 saturated carbocycles. The first-order chi connectivity index (χ1) is 8.63.